The van der Waals surface area contributed by atoms with E-state index in [0.29, 0.717) is 25.9 Å². The maximum atomic E-state index is 11.8. The average molecular weight is 303 g/mol. The van der Waals surface area contributed by atoms with Gasteiger partial charge in [0.2, 0.25) is 5.91 Å². The average Bonchev–Trinajstić information content (AvgIpc) is 2.59. The van der Waals surface area contributed by atoms with Crippen molar-refractivity contribution in [1.29, 1.82) is 0 Å². The van der Waals surface area contributed by atoms with Gasteiger partial charge in [0.05, 0.1) is 17.8 Å². The van der Waals surface area contributed by atoms with Crippen molar-refractivity contribution in [2.24, 2.45) is 0 Å². The number of carbonyl (C=O) groups excluding carboxylic acids is 1. The van der Waals surface area contributed by atoms with Crippen molar-refractivity contribution in [2.45, 2.75) is 77.7 Å². The van der Waals surface area contributed by atoms with E-state index >= 15 is 0 Å². The predicted molar refractivity (Wildman–Crippen MR) is 78.1 cm³/mol. The molecule has 1 heterocycles. The lowest BCUT2D eigenvalue weighted by Gasteiger charge is -2.36. The minimum Gasteiger partial charge on any atom is -0.315 e. The van der Waals surface area contributed by atoms with Crippen molar-refractivity contribution in [1.82, 2.24) is 4.90 Å². The highest BCUT2D eigenvalue weighted by molar-refractivity contribution is 5.79. The molecule has 0 radical (unpaired) electrons. The second-order valence-corrected chi connectivity index (χ2v) is 7.45. The Balaban J connectivity index is 2.60. The molecule has 1 aliphatic heterocycles. The molecule has 0 aromatic heterocycles. The maximum absolute atomic E-state index is 11.8. The number of nitrogens with zero attached hydrogens (tertiary/aromatic N) is 1. The van der Waals surface area contributed by atoms with E-state index < -0.39 is 11.3 Å². The molecule has 0 aromatic rings. The van der Waals surface area contributed by atoms with Gasteiger partial charge in [0, 0.05) is 26.3 Å². The Morgan fingerprint density at radius 2 is 1.67 bits per heavy atom. The number of hydrogen-bond donors (Lipinski definition) is 0. The molecule has 1 rings (SSSR count). The third kappa shape index (κ3) is 5.90. The molecule has 1 fully saturated rings. The fraction of sp³-hybridized carbons (Fsp3) is 0.933. The summed E-state index contributed by atoms with van der Waals surface area (Å²) in [4.78, 5) is 35.0. The first-order valence-corrected chi connectivity index (χ1v) is 7.39. The predicted octanol–water partition coefficient (Wildman–Crippen LogP) is 2.82. The Morgan fingerprint density at radius 1 is 1.10 bits per heavy atom. The highest BCUT2D eigenvalue weighted by atomic mass is 17.2. The topological polar surface area (TPSA) is 57.2 Å². The van der Waals surface area contributed by atoms with Crippen LogP contribution in [0.2, 0.25) is 0 Å². The summed E-state index contributed by atoms with van der Waals surface area (Å²) in [7, 11) is 1.73. The molecule has 6 nitrogen and oxygen atoms in total. The first-order chi connectivity index (χ1) is 9.45. The summed E-state index contributed by atoms with van der Waals surface area (Å²) in [5, 5.41) is 0. The molecule has 0 aromatic carbocycles. The van der Waals surface area contributed by atoms with Crippen LogP contribution in [0.15, 0.2) is 0 Å². The van der Waals surface area contributed by atoms with Gasteiger partial charge in [-0.15, -0.1) is 0 Å². The molecular formula is C15H29NO5. The lowest BCUT2D eigenvalue weighted by molar-refractivity contribution is -0.431. The molecule has 1 saturated heterocycles. The summed E-state index contributed by atoms with van der Waals surface area (Å²) in [5.74, 6) is 0.0456. The Bertz CT molecular complexity index is 358. The molecule has 21 heavy (non-hydrogen) atoms. The highest BCUT2D eigenvalue weighted by Crippen LogP contribution is 2.34. The third-order valence-electron chi connectivity index (χ3n) is 3.05. The van der Waals surface area contributed by atoms with Crippen LogP contribution in [-0.2, 0) is 24.3 Å². The summed E-state index contributed by atoms with van der Waals surface area (Å²) in [5.41, 5.74) is -1.60. The minimum atomic E-state index is -0.786. The second-order valence-electron chi connectivity index (χ2n) is 7.45. The monoisotopic (exact) mass is 303 g/mol. The van der Waals surface area contributed by atoms with Gasteiger partial charge in [0.1, 0.15) is 0 Å². The Labute approximate surface area is 127 Å². The van der Waals surface area contributed by atoms with Crippen LogP contribution in [0.25, 0.3) is 0 Å². The summed E-state index contributed by atoms with van der Waals surface area (Å²) in [6.45, 7) is 11.8. The summed E-state index contributed by atoms with van der Waals surface area (Å²) in [6, 6.07) is 0. The van der Waals surface area contributed by atoms with Gasteiger partial charge in [-0.1, -0.05) is 0 Å². The molecule has 0 N–H and O–H groups in total. The zero-order valence-corrected chi connectivity index (χ0v) is 14.3. The SMILES string of the molecule is CN1C(=O)CCC1(CCOOC(C)(C)C)OOC(C)(C)C. The van der Waals surface area contributed by atoms with E-state index in [1.807, 2.05) is 41.5 Å². The maximum Gasteiger partial charge on any atom is 0.224 e. The summed E-state index contributed by atoms with van der Waals surface area (Å²) in [6.07, 6.45) is 1.52. The Morgan fingerprint density at radius 3 is 2.10 bits per heavy atom. The molecule has 0 bridgehead atoms. The van der Waals surface area contributed by atoms with E-state index in [4.69, 9.17) is 19.6 Å². The van der Waals surface area contributed by atoms with Gasteiger partial charge in [-0.25, -0.2) is 19.6 Å². The van der Waals surface area contributed by atoms with E-state index in [1.165, 1.54) is 0 Å². The number of hydrogen-bond acceptors (Lipinski definition) is 5. The van der Waals surface area contributed by atoms with E-state index in [9.17, 15) is 4.79 Å². The van der Waals surface area contributed by atoms with Crippen LogP contribution in [0.3, 0.4) is 0 Å². The first-order valence-electron chi connectivity index (χ1n) is 7.39. The molecular weight excluding hydrogens is 274 g/mol. The van der Waals surface area contributed by atoms with Crippen LogP contribution in [0.4, 0.5) is 0 Å². The van der Waals surface area contributed by atoms with Crippen molar-refractivity contribution >= 4 is 5.91 Å². The minimum absolute atomic E-state index is 0.0456. The van der Waals surface area contributed by atoms with E-state index in [1.54, 1.807) is 11.9 Å². The molecule has 1 unspecified atom stereocenters. The molecule has 0 aliphatic carbocycles. The van der Waals surface area contributed by atoms with Gasteiger partial charge in [-0.2, -0.15) is 0 Å². The summed E-state index contributed by atoms with van der Waals surface area (Å²) >= 11 is 0. The van der Waals surface area contributed by atoms with E-state index in [-0.39, 0.29) is 11.5 Å². The van der Waals surface area contributed by atoms with Crippen LogP contribution in [-0.4, -0.2) is 41.4 Å². The second kappa shape index (κ2) is 6.60. The van der Waals surface area contributed by atoms with Gasteiger partial charge in [-0.3, -0.25) is 4.79 Å². The van der Waals surface area contributed by atoms with Crippen LogP contribution in [0, 0.1) is 0 Å². The van der Waals surface area contributed by atoms with Crippen molar-refractivity contribution in [3.8, 4) is 0 Å². The number of rotatable bonds is 6. The molecule has 6 heteroatoms. The molecule has 124 valence electrons. The standard InChI is InChI=1S/C15H29NO5/c1-13(2,3)19-18-11-10-15(21-20-14(4,5)6)9-8-12(17)16(15)7/h8-11H2,1-7H3. The van der Waals surface area contributed by atoms with Gasteiger partial charge >= 0.3 is 0 Å². The van der Waals surface area contributed by atoms with E-state index in [0.717, 1.165) is 0 Å². The largest absolute Gasteiger partial charge is 0.315 e. The third-order valence-corrected chi connectivity index (χ3v) is 3.05. The van der Waals surface area contributed by atoms with Crippen molar-refractivity contribution in [3.63, 3.8) is 0 Å². The van der Waals surface area contributed by atoms with E-state index in [2.05, 4.69) is 0 Å². The molecule has 1 amide bonds. The van der Waals surface area contributed by atoms with Crippen LogP contribution >= 0.6 is 0 Å². The van der Waals surface area contributed by atoms with Crippen LogP contribution in [0.1, 0.15) is 60.8 Å². The van der Waals surface area contributed by atoms with Gasteiger partial charge in [0.25, 0.3) is 0 Å². The smallest absolute Gasteiger partial charge is 0.224 e. The fourth-order valence-corrected chi connectivity index (χ4v) is 1.92. The lowest BCUT2D eigenvalue weighted by atomic mass is 10.1. The van der Waals surface area contributed by atoms with Crippen molar-refractivity contribution in [3.05, 3.63) is 0 Å². The van der Waals surface area contributed by atoms with Crippen molar-refractivity contribution in [2.75, 3.05) is 13.7 Å². The number of carbonyl (C=O) groups is 1. The number of likely N-dealkylation sites (tertiary alicyclic amines) is 1. The number of amides is 1. The van der Waals surface area contributed by atoms with Gasteiger partial charge in [0.15, 0.2) is 5.72 Å². The summed E-state index contributed by atoms with van der Waals surface area (Å²) < 4.78 is 0. The Kier molecular flexibility index (Phi) is 5.77. The van der Waals surface area contributed by atoms with Crippen LogP contribution < -0.4 is 0 Å². The molecule has 1 atom stereocenters. The highest BCUT2D eigenvalue weighted by Gasteiger charge is 2.46. The zero-order valence-electron chi connectivity index (χ0n) is 14.3. The first kappa shape index (κ1) is 18.4. The quantitative estimate of drug-likeness (QED) is 0.429. The molecule has 0 spiro atoms. The fourth-order valence-electron chi connectivity index (χ4n) is 1.92. The normalized spacial score (nSPS) is 24.0. The van der Waals surface area contributed by atoms with Gasteiger partial charge in [-0.05, 0) is 41.5 Å². The molecule has 0 saturated carbocycles. The van der Waals surface area contributed by atoms with Gasteiger partial charge < -0.3 is 4.90 Å². The lowest BCUT2D eigenvalue weighted by Crippen LogP contribution is -2.47. The van der Waals surface area contributed by atoms with Crippen LogP contribution in [0.5, 0.6) is 0 Å². The molecule has 1 aliphatic rings. The Hall–Kier alpha value is -0.690. The zero-order chi connectivity index (χ0) is 16.3. The van der Waals surface area contributed by atoms with Crippen molar-refractivity contribution < 1.29 is 24.3 Å².